The highest BCUT2D eigenvalue weighted by Crippen LogP contribution is 2.47. The van der Waals surface area contributed by atoms with E-state index in [2.05, 4.69) is 89.9 Å². The summed E-state index contributed by atoms with van der Waals surface area (Å²) in [5.74, 6) is 0.956. The Balaban J connectivity index is 1.45. The van der Waals surface area contributed by atoms with Gasteiger partial charge in [0.2, 0.25) is 6.23 Å². The highest BCUT2D eigenvalue weighted by atomic mass is 16.5. The second-order valence-corrected chi connectivity index (χ2v) is 7.63. The highest BCUT2D eigenvalue weighted by Gasteiger charge is 2.40. The monoisotopic (exact) mass is 376 g/mol. The summed E-state index contributed by atoms with van der Waals surface area (Å²) < 4.78 is 6.41. The van der Waals surface area contributed by atoms with E-state index >= 15 is 0 Å². The number of para-hydroxylation sites is 1. The average molecular weight is 376 g/mol. The van der Waals surface area contributed by atoms with Crippen LogP contribution < -0.4 is 4.74 Å². The minimum atomic E-state index is -0.214. The molecule has 0 saturated heterocycles. The maximum absolute atomic E-state index is 6.41. The van der Waals surface area contributed by atoms with Crippen molar-refractivity contribution >= 4 is 16.5 Å². The van der Waals surface area contributed by atoms with Crippen molar-refractivity contribution in [1.82, 2.24) is 5.01 Å². The Labute approximate surface area is 169 Å². The van der Waals surface area contributed by atoms with Gasteiger partial charge in [0.25, 0.3) is 0 Å². The minimum absolute atomic E-state index is 0.187. The van der Waals surface area contributed by atoms with E-state index in [0.29, 0.717) is 0 Å². The lowest BCUT2D eigenvalue weighted by Crippen LogP contribution is -2.33. The molecule has 2 heterocycles. The average Bonchev–Trinajstić information content (AvgIpc) is 3.25. The standard InChI is InChI=1S/C26H20N2O/c1-2-9-19(10-3-1)26-28-24(22-12-6-7-13-25(22)29-26)17-23(27-28)21-15-14-18-8-4-5-11-20(18)16-21/h1-16,24,26H,17H2/t24-,26-/m1/s1. The zero-order valence-corrected chi connectivity index (χ0v) is 15.9. The summed E-state index contributed by atoms with van der Waals surface area (Å²) in [6.45, 7) is 0. The molecule has 0 bridgehead atoms. The molecule has 2 aliphatic heterocycles. The Kier molecular flexibility index (Phi) is 3.66. The largest absolute Gasteiger partial charge is 0.464 e. The van der Waals surface area contributed by atoms with Crippen LogP contribution in [-0.2, 0) is 0 Å². The van der Waals surface area contributed by atoms with Crippen LogP contribution in [0.1, 0.15) is 35.4 Å². The van der Waals surface area contributed by atoms with Gasteiger partial charge in [-0.3, -0.25) is 0 Å². The highest BCUT2D eigenvalue weighted by molar-refractivity contribution is 6.04. The zero-order chi connectivity index (χ0) is 19.2. The fourth-order valence-corrected chi connectivity index (χ4v) is 4.42. The third kappa shape index (κ3) is 2.70. The first-order valence-electron chi connectivity index (χ1n) is 10.0. The number of hydrazone groups is 1. The first kappa shape index (κ1) is 16.4. The van der Waals surface area contributed by atoms with Crippen molar-refractivity contribution in [3.8, 4) is 5.75 Å². The number of hydrogen-bond acceptors (Lipinski definition) is 3. The molecule has 2 atom stereocenters. The van der Waals surface area contributed by atoms with E-state index in [0.717, 1.165) is 23.4 Å². The van der Waals surface area contributed by atoms with Crippen LogP contribution in [0.5, 0.6) is 5.75 Å². The molecule has 140 valence electrons. The van der Waals surface area contributed by atoms with E-state index in [-0.39, 0.29) is 12.3 Å². The molecule has 3 heteroatoms. The van der Waals surface area contributed by atoms with Crippen LogP contribution in [0.3, 0.4) is 0 Å². The van der Waals surface area contributed by atoms with Crippen LogP contribution in [-0.4, -0.2) is 10.7 Å². The van der Waals surface area contributed by atoms with Crippen LogP contribution in [0, 0.1) is 0 Å². The maximum atomic E-state index is 6.41. The van der Waals surface area contributed by atoms with Crippen molar-refractivity contribution in [2.24, 2.45) is 5.10 Å². The lowest BCUT2D eigenvalue weighted by Gasteiger charge is -2.38. The molecule has 4 aromatic carbocycles. The Morgan fingerprint density at radius 1 is 0.759 bits per heavy atom. The molecular formula is C26H20N2O. The Bertz CT molecular complexity index is 1230. The fourth-order valence-electron chi connectivity index (χ4n) is 4.42. The molecule has 0 N–H and O–H groups in total. The van der Waals surface area contributed by atoms with Crippen LogP contribution in [0.15, 0.2) is 102 Å². The van der Waals surface area contributed by atoms with Crippen LogP contribution in [0.2, 0.25) is 0 Å². The summed E-state index contributed by atoms with van der Waals surface area (Å²) in [5, 5.41) is 9.71. The number of benzene rings is 4. The van der Waals surface area contributed by atoms with Crippen molar-refractivity contribution in [2.75, 3.05) is 0 Å². The lowest BCUT2D eigenvalue weighted by atomic mass is 9.95. The van der Waals surface area contributed by atoms with E-state index in [1.165, 1.54) is 21.9 Å². The van der Waals surface area contributed by atoms with Gasteiger partial charge in [0, 0.05) is 17.5 Å². The molecular weight excluding hydrogens is 356 g/mol. The van der Waals surface area contributed by atoms with Crippen molar-refractivity contribution in [1.29, 1.82) is 0 Å². The summed E-state index contributed by atoms with van der Waals surface area (Å²) in [5.41, 5.74) is 4.62. The van der Waals surface area contributed by atoms with Gasteiger partial charge in [-0.2, -0.15) is 5.10 Å². The minimum Gasteiger partial charge on any atom is -0.464 e. The van der Waals surface area contributed by atoms with Gasteiger partial charge in [-0.1, -0.05) is 84.9 Å². The van der Waals surface area contributed by atoms with Gasteiger partial charge in [0.05, 0.1) is 11.8 Å². The first-order chi connectivity index (χ1) is 14.4. The summed E-state index contributed by atoms with van der Waals surface area (Å²) in [7, 11) is 0. The van der Waals surface area contributed by atoms with Crippen molar-refractivity contribution in [2.45, 2.75) is 18.7 Å². The third-order valence-corrected chi connectivity index (χ3v) is 5.87. The molecule has 6 rings (SSSR count). The van der Waals surface area contributed by atoms with Gasteiger partial charge in [0.1, 0.15) is 5.75 Å². The predicted molar refractivity (Wildman–Crippen MR) is 116 cm³/mol. The molecule has 0 amide bonds. The van der Waals surface area contributed by atoms with Crippen molar-refractivity contribution in [3.63, 3.8) is 0 Å². The Hall–Kier alpha value is -3.59. The number of hydrogen-bond donors (Lipinski definition) is 0. The molecule has 3 nitrogen and oxygen atoms in total. The van der Waals surface area contributed by atoms with Crippen LogP contribution in [0.25, 0.3) is 10.8 Å². The van der Waals surface area contributed by atoms with Gasteiger partial charge in [0.15, 0.2) is 0 Å². The molecule has 0 saturated carbocycles. The second-order valence-electron chi connectivity index (χ2n) is 7.63. The van der Waals surface area contributed by atoms with E-state index < -0.39 is 0 Å². The quantitative estimate of drug-likeness (QED) is 0.423. The van der Waals surface area contributed by atoms with E-state index in [4.69, 9.17) is 9.84 Å². The van der Waals surface area contributed by atoms with Crippen molar-refractivity contribution < 1.29 is 4.74 Å². The molecule has 0 aliphatic carbocycles. The maximum Gasteiger partial charge on any atom is 0.213 e. The first-order valence-corrected chi connectivity index (χ1v) is 10.0. The number of nitrogens with zero attached hydrogens (tertiary/aromatic N) is 2. The van der Waals surface area contributed by atoms with E-state index in [9.17, 15) is 0 Å². The summed E-state index contributed by atoms with van der Waals surface area (Å²) >= 11 is 0. The molecule has 29 heavy (non-hydrogen) atoms. The van der Waals surface area contributed by atoms with Gasteiger partial charge in [-0.05, 0) is 28.5 Å². The molecule has 0 aromatic heterocycles. The Morgan fingerprint density at radius 3 is 2.41 bits per heavy atom. The molecule has 0 spiro atoms. The predicted octanol–water partition coefficient (Wildman–Crippen LogP) is 6.08. The smallest absolute Gasteiger partial charge is 0.213 e. The SMILES string of the molecule is c1ccc([C@H]2Oc3ccccc3[C@H]3CC(c4ccc5ccccc5c4)=NN32)cc1. The topological polar surface area (TPSA) is 24.8 Å². The molecule has 0 unspecified atom stereocenters. The van der Waals surface area contributed by atoms with E-state index in [1.54, 1.807) is 0 Å². The summed E-state index contributed by atoms with van der Waals surface area (Å²) in [6, 6.07) is 34.0. The van der Waals surface area contributed by atoms with Crippen LogP contribution >= 0.6 is 0 Å². The molecule has 0 fully saturated rings. The fraction of sp³-hybridized carbons (Fsp3) is 0.115. The van der Waals surface area contributed by atoms with E-state index in [1.807, 2.05) is 12.1 Å². The number of ether oxygens (including phenoxy) is 1. The lowest BCUT2D eigenvalue weighted by molar-refractivity contribution is -0.0190. The van der Waals surface area contributed by atoms with Crippen molar-refractivity contribution in [3.05, 3.63) is 114 Å². The number of fused-ring (bicyclic) bond motifs is 4. The normalized spacial score (nSPS) is 20.0. The molecule has 4 aromatic rings. The van der Waals surface area contributed by atoms with Gasteiger partial charge < -0.3 is 4.74 Å². The zero-order valence-electron chi connectivity index (χ0n) is 15.9. The number of rotatable bonds is 2. The molecule has 2 aliphatic rings. The van der Waals surface area contributed by atoms with Gasteiger partial charge in [-0.15, -0.1) is 0 Å². The van der Waals surface area contributed by atoms with Gasteiger partial charge in [-0.25, -0.2) is 5.01 Å². The van der Waals surface area contributed by atoms with Gasteiger partial charge >= 0.3 is 0 Å². The second kappa shape index (κ2) is 6.49. The summed E-state index contributed by atoms with van der Waals surface area (Å²) in [4.78, 5) is 0. The Morgan fingerprint density at radius 2 is 1.52 bits per heavy atom. The third-order valence-electron chi connectivity index (χ3n) is 5.87. The molecule has 0 radical (unpaired) electrons. The van der Waals surface area contributed by atoms with Crippen LogP contribution in [0.4, 0.5) is 0 Å². The summed E-state index contributed by atoms with van der Waals surface area (Å²) in [6.07, 6.45) is 0.663.